The van der Waals surface area contributed by atoms with Gasteiger partial charge in [0, 0.05) is 6.42 Å². The number of nitrogens with zero attached hydrogens (tertiary/aromatic N) is 1. The van der Waals surface area contributed by atoms with E-state index in [2.05, 4.69) is 41.2 Å². The maximum absolute atomic E-state index is 5.49. The average molecular weight is 257 g/mol. The Bertz CT molecular complexity index is 485. The zero-order valence-corrected chi connectivity index (χ0v) is 11.7. The van der Waals surface area contributed by atoms with Crippen molar-refractivity contribution in [3.63, 3.8) is 0 Å². The second kappa shape index (κ2) is 7.10. The summed E-state index contributed by atoms with van der Waals surface area (Å²) in [6.07, 6.45) is 7.45. The van der Waals surface area contributed by atoms with Crippen molar-refractivity contribution in [3.8, 4) is 11.3 Å². The summed E-state index contributed by atoms with van der Waals surface area (Å²) in [6, 6.07) is 8.67. The first-order chi connectivity index (χ1) is 9.33. The van der Waals surface area contributed by atoms with E-state index in [4.69, 9.17) is 5.73 Å². The summed E-state index contributed by atoms with van der Waals surface area (Å²) in [5, 5.41) is 0. The number of H-pyrrole nitrogens is 1. The Kier molecular flexibility index (Phi) is 5.16. The molecule has 0 unspecified atom stereocenters. The summed E-state index contributed by atoms with van der Waals surface area (Å²) < 4.78 is 0. The lowest BCUT2D eigenvalue weighted by Gasteiger charge is -2.00. The average Bonchev–Trinajstić information content (AvgIpc) is 2.92. The van der Waals surface area contributed by atoms with Crippen molar-refractivity contribution in [3.05, 3.63) is 41.9 Å². The number of hydrogen-bond acceptors (Lipinski definition) is 2. The van der Waals surface area contributed by atoms with Crippen LogP contribution in [-0.4, -0.2) is 16.5 Å². The SMILES string of the molecule is CCc1ccc(-c2cnc(CCCCCN)[nH]2)cc1. The maximum Gasteiger partial charge on any atom is 0.106 e. The van der Waals surface area contributed by atoms with Crippen LogP contribution in [0.25, 0.3) is 11.3 Å². The van der Waals surface area contributed by atoms with Gasteiger partial charge in [-0.25, -0.2) is 4.98 Å². The lowest BCUT2D eigenvalue weighted by molar-refractivity contribution is 0.673. The molecule has 0 spiro atoms. The third-order valence-electron chi connectivity index (χ3n) is 3.42. The predicted molar refractivity (Wildman–Crippen MR) is 80.0 cm³/mol. The van der Waals surface area contributed by atoms with Gasteiger partial charge in [0.1, 0.15) is 5.82 Å². The monoisotopic (exact) mass is 257 g/mol. The molecule has 0 aliphatic heterocycles. The van der Waals surface area contributed by atoms with Gasteiger partial charge in [-0.3, -0.25) is 0 Å². The molecule has 2 aromatic rings. The van der Waals surface area contributed by atoms with Gasteiger partial charge in [-0.05, 0) is 36.9 Å². The molecule has 102 valence electrons. The van der Waals surface area contributed by atoms with Crippen LogP contribution in [-0.2, 0) is 12.8 Å². The van der Waals surface area contributed by atoms with Crippen LogP contribution in [0.5, 0.6) is 0 Å². The zero-order chi connectivity index (χ0) is 13.5. The summed E-state index contributed by atoms with van der Waals surface area (Å²) in [4.78, 5) is 7.85. The van der Waals surface area contributed by atoms with Gasteiger partial charge in [-0.2, -0.15) is 0 Å². The largest absolute Gasteiger partial charge is 0.342 e. The second-order valence-electron chi connectivity index (χ2n) is 4.89. The quantitative estimate of drug-likeness (QED) is 0.748. The summed E-state index contributed by atoms with van der Waals surface area (Å²) in [6.45, 7) is 2.96. The molecule has 3 nitrogen and oxygen atoms in total. The van der Waals surface area contributed by atoms with Crippen molar-refractivity contribution in [2.24, 2.45) is 5.73 Å². The van der Waals surface area contributed by atoms with E-state index in [1.807, 2.05) is 6.20 Å². The van der Waals surface area contributed by atoms with Crippen molar-refractivity contribution < 1.29 is 0 Å². The fraction of sp³-hybridized carbons (Fsp3) is 0.438. The van der Waals surface area contributed by atoms with Gasteiger partial charge >= 0.3 is 0 Å². The molecular formula is C16H23N3. The van der Waals surface area contributed by atoms with Crippen LogP contribution in [0.15, 0.2) is 30.5 Å². The molecule has 3 heteroatoms. The first-order valence-electron chi connectivity index (χ1n) is 7.16. The van der Waals surface area contributed by atoms with E-state index in [0.717, 1.165) is 43.7 Å². The first kappa shape index (κ1) is 13.8. The standard InChI is InChI=1S/C16H23N3/c1-2-13-7-9-14(10-8-13)15-12-18-16(19-15)6-4-3-5-11-17/h7-10,12H,2-6,11,17H2,1H3,(H,18,19). The molecule has 0 bridgehead atoms. The van der Waals surface area contributed by atoms with Gasteiger partial charge in [0.15, 0.2) is 0 Å². The molecule has 0 saturated heterocycles. The molecule has 1 aromatic carbocycles. The highest BCUT2D eigenvalue weighted by molar-refractivity contribution is 5.58. The zero-order valence-electron chi connectivity index (χ0n) is 11.7. The number of benzene rings is 1. The minimum atomic E-state index is 0.785. The number of aryl methyl sites for hydroxylation is 2. The van der Waals surface area contributed by atoms with Crippen molar-refractivity contribution in [2.45, 2.75) is 39.0 Å². The molecule has 0 atom stereocenters. The summed E-state index contributed by atoms with van der Waals surface area (Å²) >= 11 is 0. The Morgan fingerprint density at radius 1 is 1.11 bits per heavy atom. The molecule has 0 amide bonds. The molecule has 3 N–H and O–H groups in total. The molecule has 0 saturated carbocycles. The maximum atomic E-state index is 5.49. The van der Waals surface area contributed by atoms with Gasteiger partial charge < -0.3 is 10.7 Å². The number of unbranched alkanes of at least 4 members (excludes halogenated alkanes) is 2. The summed E-state index contributed by atoms with van der Waals surface area (Å²) in [5.41, 5.74) is 9.17. The van der Waals surface area contributed by atoms with E-state index in [0.29, 0.717) is 0 Å². The van der Waals surface area contributed by atoms with Gasteiger partial charge in [0.25, 0.3) is 0 Å². The summed E-state index contributed by atoms with van der Waals surface area (Å²) in [7, 11) is 0. The van der Waals surface area contributed by atoms with Crippen LogP contribution in [0.3, 0.4) is 0 Å². The van der Waals surface area contributed by atoms with E-state index in [9.17, 15) is 0 Å². The molecule has 0 fully saturated rings. The number of nitrogens with one attached hydrogen (secondary N) is 1. The number of aromatic amines is 1. The van der Waals surface area contributed by atoms with E-state index in [1.54, 1.807) is 0 Å². The predicted octanol–water partition coefficient (Wildman–Crippen LogP) is 3.31. The van der Waals surface area contributed by atoms with Gasteiger partial charge in [-0.15, -0.1) is 0 Å². The minimum Gasteiger partial charge on any atom is -0.342 e. The van der Waals surface area contributed by atoms with Crippen LogP contribution < -0.4 is 5.73 Å². The number of aromatic nitrogens is 2. The smallest absolute Gasteiger partial charge is 0.106 e. The molecule has 0 aliphatic rings. The third kappa shape index (κ3) is 3.93. The topological polar surface area (TPSA) is 54.7 Å². The highest BCUT2D eigenvalue weighted by Gasteiger charge is 2.03. The Labute approximate surface area is 115 Å². The Morgan fingerprint density at radius 2 is 1.89 bits per heavy atom. The van der Waals surface area contributed by atoms with Gasteiger partial charge in [0.05, 0.1) is 11.9 Å². The minimum absolute atomic E-state index is 0.785. The lowest BCUT2D eigenvalue weighted by Crippen LogP contribution is -1.98. The van der Waals surface area contributed by atoms with Gasteiger partial charge in [0.2, 0.25) is 0 Å². The number of imidazole rings is 1. The highest BCUT2D eigenvalue weighted by Crippen LogP contribution is 2.18. The van der Waals surface area contributed by atoms with Crippen LogP contribution in [0.2, 0.25) is 0 Å². The normalized spacial score (nSPS) is 10.8. The van der Waals surface area contributed by atoms with E-state index >= 15 is 0 Å². The Morgan fingerprint density at radius 3 is 2.58 bits per heavy atom. The number of nitrogens with two attached hydrogens (primary N) is 1. The Balaban J connectivity index is 1.95. The molecule has 0 radical (unpaired) electrons. The van der Waals surface area contributed by atoms with Crippen molar-refractivity contribution in [1.82, 2.24) is 9.97 Å². The third-order valence-corrected chi connectivity index (χ3v) is 3.42. The molecular weight excluding hydrogens is 234 g/mol. The molecule has 1 aromatic heterocycles. The van der Waals surface area contributed by atoms with Crippen molar-refractivity contribution in [1.29, 1.82) is 0 Å². The first-order valence-corrected chi connectivity index (χ1v) is 7.16. The van der Waals surface area contributed by atoms with Crippen LogP contribution >= 0.6 is 0 Å². The molecule has 0 aliphatic carbocycles. The highest BCUT2D eigenvalue weighted by atomic mass is 14.9. The number of rotatable bonds is 7. The lowest BCUT2D eigenvalue weighted by atomic mass is 10.1. The van der Waals surface area contributed by atoms with E-state index < -0.39 is 0 Å². The van der Waals surface area contributed by atoms with E-state index in [1.165, 1.54) is 17.5 Å². The Hall–Kier alpha value is -1.61. The molecule has 1 heterocycles. The number of hydrogen-bond donors (Lipinski definition) is 2. The van der Waals surface area contributed by atoms with Crippen LogP contribution in [0, 0.1) is 0 Å². The van der Waals surface area contributed by atoms with Gasteiger partial charge in [-0.1, -0.05) is 37.6 Å². The fourth-order valence-corrected chi connectivity index (χ4v) is 2.17. The molecule has 19 heavy (non-hydrogen) atoms. The van der Waals surface area contributed by atoms with Crippen molar-refractivity contribution >= 4 is 0 Å². The summed E-state index contributed by atoms with van der Waals surface area (Å²) in [5.74, 6) is 1.08. The van der Waals surface area contributed by atoms with Crippen LogP contribution in [0.4, 0.5) is 0 Å². The van der Waals surface area contributed by atoms with Crippen molar-refractivity contribution in [2.75, 3.05) is 6.54 Å². The van der Waals surface area contributed by atoms with E-state index in [-0.39, 0.29) is 0 Å². The second-order valence-corrected chi connectivity index (χ2v) is 4.89. The molecule has 2 rings (SSSR count). The fourth-order valence-electron chi connectivity index (χ4n) is 2.17. The van der Waals surface area contributed by atoms with Crippen LogP contribution in [0.1, 0.15) is 37.6 Å².